The molecule has 36 heavy (non-hydrogen) atoms. The molecule has 0 spiro atoms. The second-order valence-corrected chi connectivity index (χ2v) is 9.04. The van der Waals surface area contributed by atoms with E-state index in [9.17, 15) is 19.2 Å². The zero-order chi connectivity index (χ0) is 25.0. The fraction of sp³-hybridized carbons (Fsp3) is 0.179. The van der Waals surface area contributed by atoms with Crippen LogP contribution in [0.3, 0.4) is 0 Å². The maximum atomic E-state index is 13.8. The second kappa shape index (κ2) is 8.27. The van der Waals surface area contributed by atoms with E-state index in [-0.39, 0.29) is 11.7 Å². The number of imide groups is 1. The van der Waals surface area contributed by atoms with Crippen LogP contribution in [0.2, 0.25) is 0 Å². The largest absolute Gasteiger partial charge is 0.427 e. The fourth-order valence-electron chi connectivity index (χ4n) is 5.43. The zero-order valence-corrected chi connectivity index (χ0v) is 19.3. The standard InChI is InChI=1S/C28H21N3O5/c1-16(32)36-21-12-9-18(10-13-21)26(33)25-24-23(22-7-4-14-29-31(22)25)27(34)30(28(24)35)20-11-8-17-5-2-3-6-19(17)15-20/h2-15,22-25H,1H3/t22-,23-,24-,25+/m1/s1. The Labute approximate surface area is 206 Å². The van der Waals surface area contributed by atoms with E-state index in [0.717, 1.165) is 10.8 Å². The number of ketones is 1. The van der Waals surface area contributed by atoms with Gasteiger partial charge in [-0.1, -0.05) is 36.4 Å². The van der Waals surface area contributed by atoms with Gasteiger partial charge in [-0.25, -0.2) is 4.90 Å². The molecule has 0 aliphatic carbocycles. The van der Waals surface area contributed by atoms with Crippen molar-refractivity contribution in [3.8, 4) is 5.75 Å². The number of amides is 2. The maximum Gasteiger partial charge on any atom is 0.308 e. The zero-order valence-electron chi connectivity index (χ0n) is 19.3. The third-order valence-electron chi connectivity index (χ3n) is 6.95. The van der Waals surface area contributed by atoms with Crippen LogP contribution in [0.15, 0.2) is 84.0 Å². The number of esters is 1. The van der Waals surface area contributed by atoms with Crippen LogP contribution in [0, 0.1) is 11.8 Å². The summed E-state index contributed by atoms with van der Waals surface area (Å²) in [4.78, 5) is 53.6. The molecule has 178 valence electrons. The predicted octanol–water partition coefficient (Wildman–Crippen LogP) is 3.36. The Morgan fingerprint density at radius 3 is 2.36 bits per heavy atom. The van der Waals surface area contributed by atoms with Gasteiger partial charge in [0.2, 0.25) is 11.8 Å². The maximum absolute atomic E-state index is 13.8. The highest BCUT2D eigenvalue weighted by molar-refractivity contribution is 6.25. The molecule has 0 N–H and O–H groups in total. The molecule has 8 heteroatoms. The Kier molecular flexibility index (Phi) is 5.03. The Morgan fingerprint density at radius 2 is 1.61 bits per heavy atom. The first-order chi connectivity index (χ1) is 17.4. The molecular formula is C28H21N3O5. The summed E-state index contributed by atoms with van der Waals surface area (Å²) >= 11 is 0. The van der Waals surface area contributed by atoms with Gasteiger partial charge in [-0.2, -0.15) is 5.10 Å². The summed E-state index contributed by atoms with van der Waals surface area (Å²) in [6.45, 7) is 1.30. The highest BCUT2D eigenvalue weighted by Crippen LogP contribution is 2.46. The van der Waals surface area contributed by atoms with Crippen LogP contribution in [-0.2, 0) is 14.4 Å². The summed E-state index contributed by atoms with van der Waals surface area (Å²) in [6.07, 6.45) is 5.10. The molecule has 4 atom stereocenters. The first kappa shape index (κ1) is 21.9. The minimum Gasteiger partial charge on any atom is -0.427 e. The number of nitrogens with zero attached hydrogens (tertiary/aromatic N) is 3. The van der Waals surface area contributed by atoms with E-state index in [2.05, 4.69) is 5.10 Å². The quantitative estimate of drug-likeness (QED) is 0.246. The lowest BCUT2D eigenvalue weighted by molar-refractivity contribution is -0.132. The number of carbonyl (C=O) groups excluding carboxylic acids is 4. The summed E-state index contributed by atoms with van der Waals surface area (Å²) in [5.74, 6) is -2.83. The molecule has 3 aromatic rings. The number of hydrogen-bond donors (Lipinski definition) is 0. The molecule has 0 aromatic heterocycles. The molecule has 0 saturated carbocycles. The number of hydrazone groups is 1. The number of benzene rings is 3. The van der Waals surface area contributed by atoms with Gasteiger partial charge in [0.05, 0.1) is 23.6 Å². The fourth-order valence-corrected chi connectivity index (χ4v) is 5.43. The van der Waals surface area contributed by atoms with Crippen molar-refractivity contribution in [2.45, 2.75) is 19.0 Å². The average molecular weight is 479 g/mol. The molecule has 0 radical (unpaired) electrons. The summed E-state index contributed by atoms with van der Waals surface area (Å²) in [5, 5.41) is 7.86. The van der Waals surface area contributed by atoms with Crippen LogP contribution in [0.4, 0.5) is 5.69 Å². The third kappa shape index (κ3) is 3.33. The van der Waals surface area contributed by atoms with Crippen molar-refractivity contribution in [1.29, 1.82) is 0 Å². The van der Waals surface area contributed by atoms with Crippen molar-refractivity contribution in [3.05, 3.63) is 84.4 Å². The van der Waals surface area contributed by atoms with Crippen LogP contribution in [0.1, 0.15) is 17.3 Å². The van der Waals surface area contributed by atoms with Crippen molar-refractivity contribution < 1.29 is 23.9 Å². The molecule has 8 nitrogen and oxygen atoms in total. The average Bonchev–Trinajstić information content (AvgIpc) is 3.36. The first-order valence-corrected chi connectivity index (χ1v) is 11.6. The molecule has 2 fully saturated rings. The normalized spacial score (nSPS) is 24.2. The van der Waals surface area contributed by atoms with E-state index < -0.39 is 35.8 Å². The van der Waals surface area contributed by atoms with E-state index in [0.29, 0.717) is 17.0 Å². The highest BCUT2D eigenvalue weighted by atomic mass is 16.5. The third-order valence-corrected chi connectivity index (χ3v) is 6.95. The molecule has 3 aliphatic heterocycles. The van der Waals surface area contributed by atoms with Crippen LogP contribution in [0.5, 0.6) is 5.75 Å². The summed E-state index contributed by atoms with van der Waals surface area (Å²) in [6, 6.07) is 17.9. The molecular weight excluding hydrogens is 458 g/mol. The van der Waals surface area contributed by atoms with Gasteiger partial charge in [0.25, 0.3) is 0 Å². The molecule has 3 aliphatic rings. The highest BCUT2D eigenvalue weighted by Gasteiger charge is 2.64. The molecule has 0 bridgehead atoms. The number of allylic oxidation sites excluding steroid dienone is 1. The Morgan fingerprint density at radius 1 is 0.889 bits per heavy atom. The molecule has 6 rings (SSSR count). The van der Waals surface area contributed by atoms with E-state index in [1.54, 1.807) is 35.5 Å². The van der Waals surface area contributed by atoms with Gasteiger partial charge in [0, 0.05) is 18.7 Å². The van der Waals surface area contributed by atoms with Crippen LogP contribution in [0.25, 0.3) is 10.8 Å². The number of hydrogen-bond acceptors (Lipinski definition) is 7. The van der Waals surface area contributed by atoms with Crippen molar-refractivity contribution in [1.82, 2.24) is 5.01 Å². The molecule has 0 unspecified atom stereocenters. The number of carbonyl (C=O) groups is 4. The predicted molar refractivity (Wildman–Crippen MR) is 133 cm³/mol. The molecule has 3 heterocycles. The SMILES string of the molecule is CC(=O)Oc1ccc(C(=O)[C@@H]2[C@@H]3C(=O)N(c4ccc5ccccc5c4)C(=O)[C@@H]3[C@H]3C=CC=NN32)cc1. The van der Waals surface area contributed by atoms with Crippen LogP contribution in [-0.4, -0.2) is 46.9 Å². The Balaban J connectivity index is 1.38. The summed E-state index contributed by atoms with van der Waals surface area (Å²) in [5.41, 5.74) is 0.828. The monoisotopic (exact) mass is 479 g/mol. The van der Waals surface area contributed by atoms with Gasteiger partial charge >= 0.3 is 5.97 Å². The lowest BCUT2D eigenvalue weighted by Gasteiger charge is -2.30. The van der Waals surface area contributed by atoms with Gasteiger partial charge in [-0.15, -0.1) is 0 Å². The Hall–Kier alpha value is -4.59. The smallest absolute Gasteiger partial charge is 0.308 e. The van der Waals surface area contributed by atoms with E-state index in [1.165, 1.54) is 24.0 Å². The van der Waals surface area contributed by atoms with Gasteiger partial charge in [-0.3, -0.25) is 24.2 Å². The van der Waals surface area contributed by atoms with Crippen molar-refractivity contribution >= 4 is 46.2 Å². The van der Waals surface area contributed by atoms with Crippen molar-refractivity contribution in [2.75, 3.05) is 4.90 Å². The number of ether oxygens (including phenoxy) is 1. The Bertz CT molecular complexity index is 1490. The van der Waals surface area contributed by atoms with Gasteiger partial charge in [0.1, 0.15) is 11.8 Å². The summed E-state index contributed by atoms with van der Waals surface area (Å²) in [7, 11) is 0. The summed E-state index contributed by atoms with van der Waals surface area (Å²) < 4.78 is 5.06. The van der Waals surface area contributed by atoms with Gasteiger partial charge in [-0.05, 0) is 53.2 Å². The van der Waals surface area contributed by atoms with Crippen LogP contribution >= 0.6 is 0 Å². The first-order valence-electron chi connectivity index (χ1n) is 11.6. The number of anilines is 1. The molecule has 3 aromatic carbocycles. The number of Topliss-reactive ketones (excluding diaryl/α,β-unsaturated/α-hetero) is 1. The van der Waals surface area contributed by atoms with E-state index in [4.69, 9.17) is 4.74 Å². The molecule has 2 saturated heterocycles. The molecule has 2 amide bonds. The van der Waals surface area contributed by atoms with Crippen molar-refractivity contribution in [2.24, 2.45) is 16.9 Å². The van der Waals surface area contributed by atoms with E-state index >= 15 is 0 Å². The van der Waals surface area contributed by atoms with Crippen LogP contribution < -0.4 is 9.64 Å². The topological polar surface area (TPSA) is 96.3 Å². The minimum atomic E-state index is -0.942. The number of rotatable bonds is 4. The van der Waals surface area contributed by atoms with Gasteiger partial charge < -0.3 is 4.74 Å². The van der Waals surface area contributed by atoms with Crippen molar-refractivity contribution in [3.63, 3.8) is 0 Å². The van der Waals surface area contributed by atoms with E-state index in [1.807, 2.05) is 42.5 Å². The number of fused-ring (bicyclic) bond motifs is 4. The minimum absolute atomic E-state index is 0.315. The lowest BCUT2D eigenvalue weighted by atomic mass is 9.86. The second-order valence-electron chi connectivity index (χ2n) is 9.04. The lowest BCUT2D eigenvalue weighted by Crippen LogP contribution is -2.46. The van der Waals surface area contributed by atoms with Gasteiger partial charge in [0.15, 0.2) is 5.78 Å².